The number of carbonyl (C=O) groups is 2. The highest BCUT2D eigenvalue weighted by molar-refractivity contribution is 5.95. The average Bonchev–Trinajstić information content (AvgIpc) is 2.60. The van der Waals surface area contributed by atoms with Crippen LogP contribution in [0.5, 0.6) is 0 Å². The van der Waals surface area contributed by atoms with Gasteiger partial charge in [0.2, 0.25) is 5.91 Å². The van der Waals surface area contributed by atoms with E-state index in [9.17, 15) is 9.59 Å². The molecule has 0 aliphatic carbocycles. The lowest BCUT2D eigenvalue weighted by Crippen LogP contribution is -2.50. The van der Waals surface area contributed by atoms with Crippen LogP contribution in [-0.4, -0.2) is 53.8 Å². The second-order valence-electron chi connectivity index (χ2n) is 7.63. The van der Waals surface area contributed by atoms with Crippen molar-refractivity contribution >= 4 is 24.2 Å². The summed E-state index contributed by atoms with van der Waals surface area (Å²) in [7, 11) is 0. The number of piperidine rings is 2. The molecule has 2 fully saturated rings. The molecule has 5 nitrogen and oxygen atoms in total. The first-order valence-electron chi connectivity index (χ1n) is 9.36. The van der Waals surface area contributed by atoms with Crippen LogP contribution in [0.4, 0.5) is 0 Å². The molecule has 1 atom stereocenters. The molecule has 2 aliphatic rings. The molecule has 1 aromatic rings. The van der Waals surface area contributed by atoms with Gasteiger partial charge < -0.3 is 15.5 Å². The minimum absolute atomic E-state index is 0. The zero-order valence-corrected chi connectivity index (χ0v) is 16.6. The molecule has 2 aliphatic heterocycles. The molecular weight excluding hydrogens is 350 g/mol. The Kier molecular flexibility index (Phi) is 7.07. The summed E-state index contributed by atoms with van der Waals surface area (Å²) in [6, 6.07) is 6.16. The van der Waals surface area contributed by atoms with Gasteiger partial charge in [-0.1, -0.05) is 17.2 Å². The lowest BCUT2D eigenvalue weighted by atomic mass is 9.94. The summed E-state index contributed by atoms with van der Waals surface area (Å²) in [5.74, 6) is 0.174. The third-order valence-electron chi connectivity index (χ3n) is 5.38. The van der Waals surface area contributed by atoms with Crippen LogP contribution < -0.4 is 5.73 Å². The van der Waals surface area contributed by atoms with E-state index in [2.05, 4.69) is 6.07 Å². The molecule has 2 heterocycles. The van der Waals surface area contributed by atoms with Gasteiger partial charge in [-0.2, -0.15) is 0 Å². The molecular formula is C20H30ClN3O2. The zero-order valence-electron chi connectivity index (χ0n) is 15.7. The maximum absolute atomic E-state index is 12.9. The summed E-state index contributed by atoms with van der Waals surface area (Å²) >= 11 is 0. The van der Waals surface area contributed by atoms with Crippen molar-refractivity contribution in [2.24, 2.45) is 11.7 Å². The van der Waals surface area contributed by atoms with E-state index in [1.54, 1.807) is 0 Å². The van der Waals surface area contributed by atoms with Crippen molar-refractivity contribution < 1.29 is 9.59 Å². The topological polar surface area (TPSA) is 66.6 Å². The summed E-state index contributed by atoms with van der Waals surface area (Å²) in [6.07, 6.45) is 3.52. The quantitative estimate of drug-likeness (QED) is 0.858. The number of hydrogen-bond acceptors (Lipinski definition) is 3. The van der Waals surface area contributed by atoms with Crippen LogP contribution in [-0.2, 0) is 4.79 Å². The summed E-state index contributed by atoms with van der Waals surface area (Å²) in [6.45, 7) is 6.79. The van der Waals surface area contributed by atoms with Gasteiger partial charge in [0.25, 0.3) is 5.91 Å². The summed E-state index contributed by atoms with van der Waals surface area (Å²) in [5.41, 5.74) is 8.86. The first-order chi connectivity index (χ1) is 11.9. The van der Waals surface area contributed by atoms with Gasteiger partial charge in [0, 0.05) is 37.8 Å². The Hall–Kier alpha value is -1.59. The van der Waals surface area contributed by atoms with E-state index < -0.39 is 0 Å². The minimum atomic E-state index is -0.0714. The number of likely N-dealkylation sites (tertiary alicyclic amines) is 2. The maximum atomic E-state index is 12.9. The fraction of sp³-hybridized carbons (Fsp3) is 0.600. The Labute approximate surface area is 162 Å². The molecule has 2 saturated heterocycles. The first kappa shape index (κ1) is 20.7. The second-order valence-corrected chi connectivity index (χ2v) is 7.63. The lowest BCUT2D eigenvalue weighted by Gasteiger charge is -2.37. The van der Waals surface area contributed by atoms with Gasteiger partial charge in [-0.25, -0.2) is 0 Å². The second kappa shape index (κ2) is 8.87. The number of amides is 2. The van der Waals surface area contributed by atoms with Gasteiger partial charge in [-0.3, -0.25) is 9.59 Å². The molecule has 0 bridgehead atoms. The summed E-state index contributed by atoms with van der Waals surface area (Å²) < 4.78 is 0. The number of nitrogens with two attached hydrogens (primary N) is 1. The van der Waals surface area contributed by atoms with Crippen LogP contribution in [0.25, 0.3) is 0 Å². The van der Waals surface area contributed by atoms with Crippen LogP contribution in [0.3, 0.4) is 0 Å². The van der Waals surface area contributed by atoms with E-state index in [0.29, 0.717) is 6.54 Å². The van der Waals surface area contributed by atoms with E-state index in [0.717, 1.165) is 62.0 Å². The van der Waals surface area contributed by atoms with Crippen molar-refractivity contribution in [3.8, 4) is 0 Å². The average molecular weight is 380 g/mol. The van der Waals surface area contributed by atoms with Crippen molar-refractivity contribution in [1.82, 2.24) is 9.80 Å². The SMILES string of the molecule is Cc1cc(C)cc(C(=O)N2CCCC(C(=O)N3CCC(N)CC3)C2)c1.Cl. The Bertz CT molecular complexity index is 636. The predicted octanol–water partition coefficient (Wildman–Crippen LogP) is 2.53. The van der Waals surface area contributed by atoms with Gasteiger partial charge >= 0.3 is 0 Å². The Balaban J connectivity index is 0.00000243. The van der Waals surface area contributed by atoms with Crippen LogP contribution in [0.15, 0.2) is 18.2 Å². The van der Waals surface area contributed by atoms with Crippen molar-refractivity contribution in [3.05, 3.63) is 34.9 Å². The lowest BCUT2D eigenvalue weighted by molar-refractivity contribution is -0.138. The molecule has 0 aromatic heterocycles. The smallest absolute Gasteiger partial charge is 0.253 e. The molecule has 3 rings (SSSR count). The number of rotatable bonds is 2. The molecule has 2 N–H and O–H groups in total. The zero-order chi connectivity index (χ0) is 18.0. The monoisotopic (exact) mass is 379 g/mol. The largest absolute Gasteiger partial charge is 0.342 e. The third kappa shape index (κ3) is 4.77. The van der Waals surface area contributed by atoms with E-state index >= 15 is 0 Å². The highest BCUT2D eigenvalue weighted by Gasteiger charge is 2.32. The normalized spacial score (nSPS) is 21.3. The molecule has 2 amide bonds. The number of halogens is 1. The number of carbonyl (C=O) groups excluding carboxylic acids is 2. The highest BCUT2D eigenvalue weighted by Crippen LogP contribution is 2.23. The molecule has 26 heavy (non-hydrogen) atoms. The Morgan fingerprint density at radius 1 is 0.962 bits per heavy atom. The Morgan fingerprint density at radius 3 is 2.19 bits per heavy atom. The fourth-order valence-corrected chi connectivity index (χ4v) is 4.02. The Morgan fingerprint density at radius 2 is 1.58 bits per heavy atom. The van der Waals surface area contributed by atoms with E-state index in [1.807, 2.05) is 35.8 Å². The molecule has 0 saturated carbocycles. The van der Waals surface area contributed by atoms with E-state index in [4.69, 9.17) is 5.73 Å². The minimum Gasteiger partial charge on any atom is -0.342 e. The number of benzene rings is 1. The van der Waals surface area contributed by atoms with Crippen LogP contribution in [0.2, 0.25) is 0 Å². The molecule has 1 unspecified atom stereocenters. The van der Waals surface area contributed by atoms with Crippen molar-refractivity contribution in [2.75, 3.05) is 26.2 Å². The van der Waals surface area contributed by atoms with E-state index in [-0.39, 0.29) is 36.2 Å². The van der Waals surface area contributed by atoms with Gasteiger partial charge in [0.15, 0.2) is 0 Å². The van der Waals surface area contributed by atoms with Crippen LogP contribution in [0, 0.1) is 19.8 Å². The van der Waals surface area contributed by atoms with Gasteiger partial charge in [0.05, 0.1) is 5.92 Å². The van der Waals surface area contributed by atoms with Gasteiger partial charge in [0.1, 0.15) is 0 Å². The van der Waals surface area contributed by atoms with Crippen LogP contribution in [0.1, 0.15) is 47.2 Å². The van der Waals surface area contributed by atoms with Crippen molar-refractivity contribution in [3.63, 3.8) is 0 Å². The van der Waals surface area contributed by atoms with Gasteiger partial charge in [-0.05, 0) is 51.7 Å². The standard InChI is InChI=1S/C20H29N3O2.ClH/c1-14-10-15(2)12-17(11-14)20(25)23-7-3-4-16(13-23)19(24)22-8-5-18(21)6-9-22;/h10-12,16,18H,3-9,13,21H2,1-2H3;1H. The van der Waals surface area contributed by atoms with E-state index in [1.165, 1.54) is 0 Å². The highest BCUT2D eigenvalue weighted by atomic mass is 35.5. The van der Waals surface area contributed by atoms with Gasteiger partial charge in [-0.15, -0.1) is 12.4 Å². The molecule has 1 aromatic carbocycles. The summed E-state index contributed by atoms with van der Waals surface area (Å²) in [4.78, 5) is 29.5. The van der Waals surface area contributed by atoms with Crippen molar-refractivity contribution in [2.45, 2.75) is 45.6 Å². The number of hydrogen-bond donors (Lipinski definition) is 1. The molecule has 144 valence electrons. The fourth-order valence-electron chi connectivity index (χ4n) is 4.02. The predicted molar refractivity (Wildman–Crippen MR) is 106 cm³/mol. The molecule has 0 radical (unpaired) electrons. The molecule has 6 heteroatoms. The van der Waals surface area contributed by atoms with Crippen LogP contribution >= 0.6 is 12.4 Å². The number of aryl methyl sites for hydroxylation is 2. The third-order valence-corrected chi connectivity index (χ3v) is 5.38. The number of nitrogens with zero attached hydrogens (tertiary/aromatic N) is 2. The summed E-state index contributed by atoms with van der Waals surface area (Å²) in [5, 5.41) is 0. The molecule has 0 spiro atoms. The van der Waals surface area contributed by atoms with Crippen molar-refractivity contribution in [1.29, 1.82) is 0 Å². The maximum Gasteiger partial charge on any atom is 0.253 e. The first-order valence-corrected chi connectivity index (χ1v) is 9.36.